The molecular formula is C37H27Br2N3O5S2. The zero-order valence-electron chi connectivity index (χ0n) is 25.6. The average Bonchev–Trinajstić information content (AvgIpc) is 3.83. The first-order valence-electron chi connectivity index (χ1n) is 16.0. The number of carbonyl (C=O) groups is 3. The lowest BCUT2D eigenvalue weighted by molar-refractivity contribution is -0.123. The Morgan fingerprint density at radius 1 is 0.898 bits per heavy atom. The smallest absolute Gasteiger partial charge is 0.305 e. The van der Waals surface area contributed by atoms with Gasteiger partial charge in [-0.2, -0.15) is 0 Å². The van der Waals surface area contributed by atoms with E-state index in [2.05, 4.69) is 42.2 Å². The van der Waals surface area contributed by atoms with Gasteiger partial charge in [0.05, 0.1) is 22.5 Å². The van der Waals surface area contributed by atoms with Crippen LogP contribution in [0.15, 0.2) is 104 Å². The number of hydrogen-bond acceptors (Lipinski definition) is 7. The zero-order valence-corrected chi connectivity index (χ0v) is 30.4. The number of H-pyrrole nitrogens is 1. The third-order valence-electron chi connectivity index (χ3n) is 10.5. The highest BCUT2D eigenvalue weighted by Gasteiger charge is 2.69. The van der Waals surface area contributed by atoms with Crippen LogP contribution in [0.5, 0.6) is 5.75 Å². The molecule has 4 aromatic carbocycles. The zero-order chi connectivity index (χ0) is 33.6. The van der Waals surface area contributed by atoms with Crippen LogP contribution in [-0.2, 0) is 14.4 Å². The van der Waals surface area contributed by atoms with Crippen LogP contribution in [0.1, 0.15) is 22.8 Å². The Kier molecular flexibility index (Phi) is 7.64. The summed E-state index contributed by atoms with van der Waals surface area (Å²) in [6.45, 7) is -0.213. The van der Waals surface area contributed by atoms with Gasteiger partial charge in [0.25, 0.3) is 5.91 Å². The number of amides is 3. The van der Waals surface area contributed by atoms with Gasteiger partial charge in [-0.25, -0.2) is 0 Å². The largest absolute Gasteiger partial charge is 0.483 e. The fraction of sp³-hybridized carbons (Fsp3) is 0.243. The number of thiazole rings is 1. The number of fused-ring (bicyclic) bond motifs is 10. The Balaban J connectivity index is 1.05. The van der Waals surface area contributed by atoms with Crippen molar-refractivity contribution in [1.29, 1.82) is 0 Å². The molecule has 7 atom stereocenters. The second-order valence-electron chi connectivity index (χ2n) is 13.0. The summed E-state index contributed by atoms with van der Waals surface area (Å²) < 4.78 is 8.01. The second-order valence-corrected chi connectivity index (χ2v) is 17.0. The molecule has 2 aliphatic heterocycles. The van der Waals surface area contributed by atoms with Crippen LogP contribution < -0.4 is 19.8 Å². The summed E-state index contributed by atoms with van der Waals surface area (Å²) in [6.07, 6.45) is 0.774. The summed E-state index contributed by atoms with van der Waals surface area (Å²) in [7, 11) is 0. The quantitative estimate of drug-likeness (QED) is 0.170. The van der Waals surface area contributed by atoms with Crippen molar-refractivity contribution in [2.45, 2.75) is 22.6 Å². The van der Waals surface area contributed by atoms with Gasteiger partial charge in [-0.15, -0.1) is 11.8 Å². The maximum atomic E-state index is 14.1. The standard InChI is InChI=1S/C37H27Br2N3O5S2/c38-18-8-11-20(12-9-18)42-35(44)30-23-15-24(31(30)36(42)45)32-29(23)28(33-34(48-32)41-37(46)49-33)22-14-19(39)10-13-26(22)47-16-27(43)40-25-7-3-5-17-4-1-2-6-21(17)25/h1-14,23-24,28-32H,15-16H2,(H,40,43)(H,41,46)/t23-,24-,28+,29-,30+,31+,32-/m1/s1. The number of nitrogens with zero attached hydrogens (tertiary/aromatic N) is 1. The Bertz CT molecular complexity index is 2250. The number of aromatic amines is 1. The van der Waals surface area contributed by atoms with Crippen molar-refractivity contribution < 1.29 is 19.1 Å². The molecule has 0 spiro atoms. The van der Waals surface area contributed by atoms with Crippen LogP contribution >= 0.6 is 55.0 Å². The third-order valence-corrected chi connectivity index (χ3v) is 14.1. The molecule has 246 valence electrons. The molecule has 2 saturated carbocycles. The van der Waals surface area contributed by atoms with Gasteiger partial charge in [0, 0.05) is 41.6 Å². The van der Waals surface area contributed by atoms with Crippen LogP contribution in [0.25, 0.3) is 10.8 Å². The van der Waals surface area contributed by atoms with Gasteiger partial charge in [0.1, 0.15) is 5.75 Å². The van der Waals surface area contributed by atoms with Gasteiger partial charge in [-0.1, -0.05) is 79.6 Å². The predicted octanol–water partition coefficient (Wildman–Crippen LogP) is 7.81. The molecule has 3 amide bonds. The molecule has 2 aliphatic carbocycles. The summed E-state index contributed by atoms with van der Waals surface area (Å²) >= 11 is 9.93. The average molecular weight is 818 g/mol. The molecule has 0 radical (unpaired) electrons. The minimum atomic E-state index is -0.425. The van der Waals surface area contributed by atoms with Crippen molar-refractivity contribution in [3.05, 3.63) is 114 Å². The number of anilines is 2. The second kappa shape index (κ2) is 12.0. The maximum absolute atomic E-state index is 14.1. The lowest BCUT2D eigenvalue weighted by Gasteiger charge is -2.43. The fourth-order valence-corrected chi connectivity index (χ4v) is 12.3. The summed E-state index contributed by atoms with van der Waals surface area (Å²) in [6, 6.07) is 26.7. The van der Waals surface area contributed by atoms with E-state index in [-0.39, 0.29) is 58.1 Å². The molecule has 1 aromatic heterocycles. The Labute approximate surface area is 305 Å². The van der Waals surface area contributed by atoms with E-state index in [0.29, 0.717) is 17.1 Å². The van der Waals surface area contributed by atoms with Crippen molar-refractivity contribution in [2.24, 2.45) is 29.6 Å². The molecule has 3 fully saturated rings. The minimum Gasteiger partial charge on any atom is -0.483 e. The van der Waals surface area contributed by atoms with E-state index < -0.39 is 11.8 Å². The molecular weight excluding hydrogens is 790 g/mol. The number of imide groups is 1. The highest BCUT2D eigenvalue weighted by molar-refractivity contribution is 9.10. The molecule has 1 saturated heterocycles. The molecule has 9 rings (SSSR count). The number of nitrogens with one attached hydrogen (secondary N) is 2. The molecule has 3 heterocycles. The number of aromatic nitrogens is 1. The highest BCUT2D eigenvalue weighted by atomic mass is 79.9. The number of benzene rings is 4. The van der Waals surface area contributed by atoms with E-state index in [1.165, 1.54) is 16.2 Å². The first-order valence-corrected chi connectivity index (χ1v) is 19.3. The lowest BCUT2D eigenvalue weighted by atomic mass is 9.68. The molecule has 2 bridgehead atoms. The van der Waals surface area contributed by atoms with Crippen LogP contribution in [0, 0.1) is 29.6 Å². The van der Waals surface area contributed by atoms with E-state index in [1.54, 1.807) is 23.9 Å². The minimum absolute atomic E-state index is 0.0102. The van der Waals surface area contributed by atoms with Gasteiger partial charge in [-0.05, 0) is 78.1 Å². The van der Waals surface area contributed by atoms with Gasteiger partial charge in [-0.3, -0.25) is 24.1 Å². The van der Waals surface area contributed by atoms with Gasteiger partial charge < -0.3 is 15.0 Å². The lowest BCUT2D eigenvalue weighted by Crippen LogP contribution is -2.42. The number of rotatable bonds is 6. The van der Waals surface area contributed by atoms with Crippen LogP contribution in [-0.4, -0.2) is 34.6 Å². The number of carbonyl (C=O) groups excluding carboxylic acids is 3. The molecule has 0 unspecified atom stereocenters. The summed E-state index contributed by atoms with van der Waals surface area (Å²) in [5.74, 6) is -1.18. The Morgan fingerprint density at radius 2 is 1.63 bits per heavy atom. The normalized spacial score (nSPS) is 26.5. The molecule has 8 nitrogen and oxygen atoms in total. The molecule has 4 aliphatic rings. The molecule has 2 N–H and O–H groups in total. The van der Waals surface area contributed by atoms with E-state index in [4.69, 9.17) is 4.74 Å². The Hall–Kier alpha value is -3.71. The molecule has 49 heavy (non-hydrogen) atoms. The van der Waals surface area contributed by atoms with Gasteiger partial charge in [0.15, 0.2) is 6.61 Å². The van der Waals surface area contributed by atoms with Crippen molar-refractivity contribution in [2.75, 3.05) is 16.8 Å². The van der Waals surface area contributed by atoms with Crippen LogP contribution in [0.2, 0.25) is 0 Å². The number of halogens is 2. The summed E-state index contributed by atoms with van der Waals surface area (Å²) in [4.78, 5) is 59.4. The van der Waals surface area contributed by atoms with Crippen LogP contribution in [0.3, 0.4) is 0 Å². The number of thioether (sulfide) groups is 1. The van der Waals surface area contributed by atoms with Crippen molar-refractivity contribution in [1.82, 2.24) is 4.98 Å². The molecule has 5 aromatic rings. The van der Waals surface area contributed by atoms with Gasteiger partial charge in [0.2, 0.25) is 11.8 Å². The monoisotopic (exact) mass is 815 g/mol. The first kappa shape index (κ1) is 31.3. The van der Waals surface area contributed by atoms with E-state index in [9.17, 15) is 19.2 Å². The maximum Gasteiger partial charge on any atom is 0.305 e. The molecule has 12 heteroatoms. The van der Waals surface area contributed by atoms with Crippen molar-refractivity contribution >= 4 is 94.8 Å². The Morgan fingerprint density at radius 3 is 2.45 bits per heavy atom. The number of hydrogen-bond donors (Lipinski definition) is 2. The topological polar surface area (TPSA) is 109 Å². The van der Waals surface area contributed by atoms with Crippen molar-refractivity contribution in [3.63, 3.8) is 0 Å². The third kappa shape index (κ3) is 5.05. The van der Waals surface area contributed by atoms with Crippen molar-refractivity contribution in [3.8, 4) is 5.75 Å². The highest BCUT2D eigenvalue weighted by Crippen LogP contribution is 2.69. The van der Waals surface area contributed by atoms with Crippen LogP contribution in [0.4, 0.5) is 11.4 Å². The van der Waals surface area contributed by atoms with E-state index >= 15 is 0 Å². The fourth-order valence-electron chi connectivity index (χ4n) is 8.77. The SMILES string of the molecule is O=C(COc1ccc(Br)cc1[C@@H]1c2sc(=O)[nH]c2S[C@@H]2[C@@H]3C[C@@H]([C@@H]4C(=O)N(c5ccc(Br)cc5)C(=O)[C@@H]34)[C@H]12)Nc1cccc2ccccc12. The predicted molar refractivity (Wildman–Crippen MR) is 197 cm³/mol. The van der Waals surface area contributed by atoms with E-state index in [0.717, 1.165) is 41.6 Å². The summed E-state index contributed by atoms with van der Waals surface area (Å²) in [5.41, 5.74) is 2.15. The summed E-state index contributed by atoms with van der Waals surface area (Å²) in [5, 5.41) is 5.80. The number of ether oxygens (including phenoxy) is 1. The van der Waals surface area contributed by atoms with E-state index in [1.807, 2.05) is 72.8 Å². The first-order chi connectivity index (χ1) is 23.8. The van der Waals surface area contributed by atoms with Gasteiger partial charge >= 0.3 is 4.87 Å².